The van der Waals surface area contributed by atoms with Crippen molar-refractivity contribution in [1.29, 1.82) is 0 Å². The lowest BCUT2D eigenvalue weighted by atomic mass is 10.1. The van der Waals surface area contributed by atoms with Gasteiger partial charge in [-0.25, -0.2) is 4.98 Å². The van der Waals surface area contributed by atoms with Crippen LogP contribution < -0.4 is 4.74 Å². The maximum Gasteiger partial charge on any atom is 0.213 e. The monoisotopic (exact) mass is 209 g/mol. The zero-order valence-corrected chi connectivity index (χ0v) is 9.60. The van der Waals surface area contributed by atoms with Crippen molar-refractivity contribution in [2.75, 3.05) is 0 Å². The Kier molecular flexibility index (Phi) is 4.56. The maximum absolute atomic E-state index is 9.17. The predicted octanol–water partition coefficient (Wildman–Crippen LogP) is 2.18. The molecule has 1 atom stereocenters. The van der Waals surface area contributed by atoms with Crippen LogP contribution in [0.2, 0.25) is 0 Å². The van der Waals surface area contributed by atoms with E-state index in [-0.39, 0.29) is 12.2 Å². The number of pyridine rings is 1. The van der Waals surface area contributed by atoms with E-state index < -0.39 is 0 Å². The molecule has 0 spiro atoms. The Morgan fingerprint density at radius 2 is 2.07 bits per heavy atom. The Labute approximate surface area is 91.1 Å². The van der Waals surface area contributed by atoms with Gasteiger partial charge < -0.3 is 9.84 Å². The Bertz CT molecular complexity index is 297. The van der Waals surface area contributed by atoms with Gasteiger partial charge in [-0.3, -0.25) is 0 Å². The molecule has 0 aromatic carbocycles. The highest BCUT2D eigenvalue weighted by Gasteiger charge is 2.02. The standard InChI is InChI=1S/C12H19NO2/c1-9(2)15-12-6-4-5-11(13-12)8-7-10(3)14/h4-6,9-10,14H,7-8H2,1-3H3/t10-/m0/s1. The molecule has 0 saturated heterocycles. The van der Waals surface area contributed by atoms with Crippen LogP contribution in [0.25, 0.3) is 0 Å². The van der Waals surface area contributed by atoms with Gasteiger partial charge in [0.2, 0.25) is 5.88 Å². The van der Waals surface area contributed by atoms with Crippen LogP contribution in [-0.4, -0.2) is 22.3 Å². The molecule has 3 heteroatoms. The van der Waals surface area contributed by atoms with Gasteiger partial charge in [0.25, 0.3) is 0 Å². The van der Waals surface area contributed by atoms with Gasteiger partial charge in [-0.15, -0.1) is 0 Å². The minimum Gasteiger partial charge on any atom is -0.475 e. The third-order valence-corrected chi connectivity index (χ3v) is 1.96. The van der Waals surface area contributed by atoms with E-state index in [0.717, 1.165) is 18.5 Å². The normalized spacial score (nSPS) is 12.9. The van der Waals surface area contributed by atoms with Crippen molar-refractivity contribution in [3.05, 3.63) is 23.9 Å². The molecular formula is C12H19NO2. The summed E-state index contributed by atoms with van der Waals surface area (Å²) in [6.45, 7) is 5.74. The second-order valence-corrected chi connectivity index (χ2v) is 4.02. The second kappa shape index (κ2) is 5.71. The lowest BCUT2D eigenvalue weighted by Crippen LogP contribution is -2.08. The van der Waals surface area contributed by atoms with E-state index in [4.69, 9.17) is 9.84 Å². The van der Waals surface area contributed by atoms with Gasteiger partial charge >= 0.3 is 0 Å². The summed E-state index contributed by atoms with van der Waals surface area (Å²) in [5.41, 5.74) is 0.967. The molecule has 1 rings (SSSR count). The second-order valence-electron chi connectivity index (χ2n) is 4.02. The van der Waals surface area contributed by atoms with Gasteiger partial charge in [0.1, 0.15) is 0 Å². The van der Waals surface area contributed by atoms with Gasteiger partial charge in [0, 0.05) is 11.8 Å². The molecule has 1 aromatic rings. The van der Waals surface area contributed by atoms with Crippen molar-refractivity contribution in [1.82, 2.24) is 4.98 Å². The van der Waals surface area contributed by atoms with Crippen LogP contribution in [0.15, 0.2) is 18.2 Å². The molecule has 0 aliphatic heterocycles. The zero-order chi connectivity index (χ0) is 11.3. The molecule has 0 fully saturated rings. The van der Waals surface area contributed by atoms with Crippen LogP contribution in [0.4, 0.5) is 0 Å². The predicted molar refractivity (Wildman–Crippen MR) is 60.0 cm³/mol. The summed E-state index contributed by atoms with van der Waals surface area (Å²) < 4.78 is 5.49. The first-order valence-electron chi connectivity index (χ1n) is 5.38. The Morgan fingerprint density at radius 1 is 1.33 bits per heavy atom. The van der Waals surface area contributed by atoms with Crippen molar-refractivity contribution < 1.29 is 9.84 Å². The average Bonchev–Trinajstić information content (AvgIpc) is 2.14. The molecule has 0 amide bonds. The largest absolute Gasteiger partial charge is 0.475 e. The fourth-order valence-corrected chi connectivity index (χ4v) is 1.26. The van der Waals surface area contributed by atoms with E-state index in [1.807, 2.05) is 32.0 Å². The molecular weight excluding hydrogens is 190 g/mol. The van der Waals surface area contributed by atoms with Crippen molar-refractivity contribution >= 4 is 0 Å². The third-order valence-electron chi connectivity index (χ3n) is 1.96. The summed E-state index contributed by atoms with van der Waals surface area (Å²) in [7, 11) is 0. The van der Waals surface area contributed by atoms with E-state index in [2.05, 4.69) is 4.98 Å². The molecule has 15 heavy (non-hydrogen) atoms. The number of hydrogen-bond acceptors (Lipinski definition) is 3. The molecule has 0 bridgehead atoms. The van der Waals surface area contributed by atoms with Gasteiger partial charge in [0.05, 0.1) is 12.2 Å². The van der Waals surface area contributed by atoms with Crippen LogP contribution in [0.1, 0.15) is 32.9 Å². The van der Waals surface area contributed by atoms with E-state index in [1.54, 1.807) is 6.92 Å². The summed E-state index contributed by atoms with van der Waals surface area (Å²) in [5.74, 6) is 0.660. The molecule has 84 valence electrons. The van der Waals surface area contributed by atoms with Crippen LogP contribution >= 0.6 is 0 Å². The molecule has 1 heterocycles. The van der Waals surface area contributed by atoms with Gasteiger partial charge in [-0.05, 0) is 39.7 Å². The van der Waals surface area contributed by atoms with Crippen molar-refractivity contribution in [3.63, 3.8) is 0 Å². The van der Waals surface area contributed by atoms with Crippen molar-refractivity contribution in [2.24, 2.45) is 0 Å². The highest BCUT2D eigenvalue weighted by molar-refractivity contribution is 5.16. The number of aryl methyl sites for hydroxylation is 1. The van der Waals surface area contributed by atoms with Crippen LogP contribution in [0.3, 0.4) is 0 Å². The fraction of sp³-hybridized carbons (Fsp3) is 0.583. The Hall–Kier alpha value is -1.09. The summed E-state index contributed by atoms with van der Waals surface area (Å²) in [4.78, 5) is 4.35. The number of rotatable bonds is 5. The highest BCUT2D eigenvalue weighted by Crippen LogP contribution is 2.11. The molecule has 0 aliphatic rings. The summed E-state index contributed by atoms with van der Waals surface area (Å²) in [5, 5.41) is 9.17. The lowest BCUT2D eigenvalue weighted by Gasteiger charge is -2.10. The Balaban J connectivity index is 2.57. The molecule has 0 radical (unpaired) electrons. The van der Waals surface area contributed by atoms with Gasteiger partial charge in [-0.1, -0.05) is 6.07 Å². The van der Waals surface area contributed by atoms with E-state index >= 15 is 0 Å². The molecule has 0 aliphatic carbocycles. The number of ether oxygens (including phenoxy) is 1. The zero-order valence-electron chi connectivity index (χ0n) is 9.60. The fourth-order valence-electron chi connectivity index (χ4n) is 1.26. The molecule has 3 nitrogen and oxygen atoms in total. The van der Waals surface area contributed by atoms with E-state index in [1.165, 1.54) is 0 Å². The topological polar surface area (TPSA) is 42.4 Å². The quantitative estimate of drug-likeness (QED) is 0.808. The SMILES string of the molecule is CC(C)Oc1cccc(CC[C@H](C)O)n1. The van der Waals surface area contributed by atoms with Crippen LogP contribution in [0.5, 0.6) is 5.88 Å². The summed E-state index contributed by atoms with van der Waals surface area (Å²) in [6.07, 6.45) is 1.39. The number of hydrogen-bond donors (Lipinski definition) is 1. The van der Waals surface area contributed by atoms with Crippen molar-refractivity contribution in [2.45, 2.75) is 45.8 Å². The lowest BCUT2D eigenvalue weighted by molar-refractivity contribution is 0.184. The molecule has 0 saturated carbocycles. The Morgan fingerprint density at radius 3 is 2.67 bits per heavy atom. The molecule has 0 unspecified atom stereocenters. The first-order valence-corrected chi connectivity index (χ1v) is 5.38. The molecule has 1 N–H and O–H groups in total. The number of aromatic nitrogens is 1. The van der Waals surface area contributed by atoms with Crippen LogP contribution in [0, 0.1) is 0 Å². The summed E-state index contributed by atoms with van der Waals surface area (Å²) in [6, 6.07) is 5.74. The van der Waals surface area contributed by atoms with Crippen LogP contribution in [-0.2, 0) is 6.42 Å². The molecule has 1 aromatic heterocycles. The number of nitrogens with zero attached hydrogens (tertiary/aromatic N) is 1. The maximum atomic E-state index is 9.17. The van der Waals surface area contributed by atoms with E-state index in [0.29, 0.717) is 5.88 Å². The smallest absolute Gasteiger partial charge is 0.213 e. The van der Waals surface area contributed by atoms with Gasteiger partial charge in [-0.2, -0.15) is 0 Å². The minimum atomic E-state index is -0.276. The summed E-state index contributed by atoms with van der Waals surface area (Å²) >= 11 is 0. The first kappa shape index (κ1) is 12.0. The average molecular weight is 209 g/mol. The third kappa shape index (κ3) is 4.79. The highest BCUT2D eigenvalue weighted by atomic mass is 16.5. The van der Waals surface area contributed by atoms with Gasteiger partial charge in [0.15, 0.2) is 0 Å². The minimum absolute atomic E-state index is 0.143. The first-order chi connectivity index (χ1) is 7.08. The van der Waals surface area contributed by atoms with E-state index in [9.17, 15) is 0 Å². The van der Waals surface area contributed by atoms with Crippen molar-refractivity contribution in [3.8, 4) is 5.88 Å². The number of aliphatic hydroxyl groups excluding tert-OH is 1. The number of aliphatic hydroxyl groups is 1.